The zero-order valence-electron chi connectivity index (χ0n) is 24.9. The van der Waals surface area contributed by atoms with Crippen LogP contribution in [0, 0.1) is 5.82 Å². The van der Waals surface area contributed by atoms with E-state index >= 15 is 0 Å². The first-order chi connectivity index (χ1) is 22.4. The van der Waals surface area contributed by atoms with Crippen molar-refractivity contribution in [2.24, 2.45) is 4.99 Å². The lowest BCUT2D eigenvalue weighted by Crippen LogP contribution is -2.40. The molecule has 1 atom stereocenters. The zero-order valence-corrected chi connectivity index (χ0v) is 26.5. The molecule has 1 aliphatic rings. The zero-order chi connectivity index (χ0) is 32.2. The van der Waals surface area contributed by atoms with Crippen LogP contribution in [0.2, 0.25) is 5.02 Å². The molecule has 4 aromatic carbocycles. The number of esters is 1. The van der Waals surface area contributed by atoms with E-state index in [2.05, 4.69) is 0 Å². The summed E-state index contributed by atoms with van der Waals surface area (Å²) in [5.74, 6) is 0.155. The molecule has 7 nitrogen and oxygen atoms in total. The van der Waals surface area contributed by atoms with Gasteiger partial charge in [0.1, 0.15) is 23.9 Å². The van der Waals surface area contributed by atoms with Crippen LogP contribution in [0.3, 0.4) is 0 Å². The van der Waals surface area contributed by atoms with Gasteiger partial charge in [-0.1, -0.05) is 77.5 Å². The number of hydrogen-bond acceptors (Lipinski definition) is 7. The molecule has 10 heteroatoms. The molecule has 5 aromatic rings. The normalized spacial score (nSPS) is 14.4. The second-order valence-corrected chi connectivity index (χ2v) is 11.8. The van der Waals surface area contributed by atoms with Gasteiger partial charge in [-0.3, -0.25) is 9.36 Å². The molecule has 0 bridgehead atoms. The summed E-state index contributed by atoms with van der Waals surface area (Å²) in [7, 11) is 1.56. The number of halogens is 2. The number of hydrogen-bond donors (Lipinski definition) is 0. The minimum absolute atomic E-state index is 0.148. The molecule has 6 rings (SSSR count). The van der Waals surface area contributed by atoms with Crippen molar-refractivity contribution in [1.82, 2.24) is 4.57 Å². The van der Waals surface area contributed by atoms with Gasteiger partial charge in [-0.25, -0.2) is 14.2 Å². The summed E-state index contributed by atoms with van der Waals surface area (Å²) in [5.41, 5.74) is 3.03. The first kappa shape index (κ1) is 31.0. The number of methoxy groups -OCH3 is 1. The minimum Gasteiger partial charge on any atom is -0.497 e. The first-order valence-corrected chi connectivity index (χ1v) is 15.6. The van der Waals surface area contributed by atoms with Gasteiger partial charge in [-0.15, -0.1) is 0 Å². The highest BCUT2D eigenvalue weighted by atomic mass is 35.5. The monoisotopic (exact) mass is 654 g/mol. The SMILES string of the molecule is CCOC(=O)C1=C(c2ccccc2)N=c2s/c(=C\c3cc(Cl)ccc3OCc3ccc(F)cc3)c(=O)n2[C@@H]1c1cccc(OC)c1. The van der Waals surface area contributed by atoms with Gasteiger partial charge in [0.2, 0.25) is 0 Å². The van der Waals surface area contributed by atoms with E-state index in [-0.39, 0.29) is 30.2 Å². The lowest BCUT2D eigenvalue weighted by molar-refractivity contribution is -0.138. The van der Waals surface area contributed by atoms with Crippen molar-refractivity contribution >= 4 is 40.7 Å². The highest BCUT2D eigenvalue weighted by Crippen LogP contribution is 2.36. The summed E-state index contributed by atoms with van der Waals surface area (Å²) in [4.78, 5) is 33.3. The van der Waals surface area contributed by atoms with E-state index in [1.807, 2.05) is 42.5 Å². The number of carbonyl (C=O) groups excluding carboxylic acids is 1. The van der Waals surface area contributed by atoms with E-state index in [0.717, 1.165) is 5.56 Å². The summed E-state index contributed by atoms with van der Waals surface area (Å²) in [6.45, 7) is 2.06. The lowest BCUT2D eigenvalue weighted by Gasteiger charge is -2.26. The van der Waals surface area contributed by atoms with Crippen LogP contribution in [-0.4, -0.2) is 24.3 Å². The Bertz CT molecular complexity index is 2120. The average Bonchev–Trinajstić information content (AvgIpc) is 3.38. The second kappa shape index (κ2) is 13.6. The van der Waals surface area contributed by atoms with E-state index in [0.29, 0.717) is 48.2 Å². The molecule has 0 radical (unpaired) electrons. The molecule has 0 unspecified atom stereocenters. The number of fused-ring (bicyclic) bond motifs is 1. The Labute approximate surface area is 273 Å². The topological polar surface area (TPSA) is 79.1 Å². The van der Waals surface area contributed by atoms with Gasteiger partial charge in [0, 0.05) is 16.1 Å². The molecule has 46 heavy (non-hydrogen) atoms. The van der Waals surface area contributed by atoms with E-state index < -0.39 is 12.0 Å². The molecule has 0 aliphatic carbocycles. The van der Waals surface area contributed by atoms with E-state index in [1.165, 1.54) is 28.0 Å². The molecule has 1 aliphatic heterocycles. The maximum absolute atomic E-state index is 14.3. The lowest BCUT2D eigenvalue weighted by atomic mass is 9.93. The number of benzene rings is 4. The van der Waals surface area contributed by atoms with Gasteiger partial charge in [-0.2, -0.15) is 0 Å². The number of ether oxygens (including phenoxy) is 3. The number of nitrogens with zero attached hydrogens (tertiary/aromatic N) is 2. The summed E-state index contributed by atoms with van der Waals surface area (Å²) in [6.07, 6.45) is 1.70. The highest BCUT2D eigenvalue weighted by Gasteiger charge is 2.35. The van der Waals surface area contributed by atoms with Crippen molar-refractivity contribution in [2.75, 3.05) is 13.7 Å². The predicted molar refractivity (Wildman–Crippen MR) is 176 cm³/mol. The number of rotatable bonds is 9. The summed E-state index contributed by atoms with van der Waals surface area (Å²) < 4.78 is 32.4. The summed E-state index contributed by atoms with van der Waals surface area (Å²) >= 11 is 7.57. The molecule has 0 saturated heterocycles. The largest absolute Gasteiger partial charge is 0.497 e. The Morgan fingerprint density at radius 2 is 1.80 bits per heavy atom. The van der Waals surface area contributed by atoms with Crippen LogP contribution >= 0.6 is 22.9 Å². The van der Waals surface area contributed by atoms with E-state index in [9.17, 15) is 14.0 Å². The minimum atomic E-state index is -0.851. The van der Waals surface area contributed by atoms with Crippen molar-refractivity contribution in [1.29, 1.82) is 0 Å². The summed E-state index contributed by atoms with van der Waals surface area (Å²) in [5, 5.41) is 0.457. The Kier molecular flexibility index (Phi) is 9.14. The first-order valence-electron chi connectivity index (χ1n) is 14.5. The van der Waals surface area contributed by atoms with Crippen LogP contribution in [0.1, 0.15) is 35.2 Å². The Balaban J connectivity index is 1.54. The molecule has 0 N–H and O–H groups in total. The molecule has 0 amide bonds. The Hall–Kier alpha value is -4.99. The molecular weight excluding hydrogens is 627 g/mol. The van der Waals surface area contributed by atoms with Crippen molar-refractivity contribution in [2.45, 2.75) is 19.6 Å². The molecular formula is C36H28ClFN2O5S. The fourth-order valence-electron chi connectivity index (χ4n) is 5.21. The van der Waals surface area contributed by atoms with Gasteiger partial charge < -0.3 is 14.2 Å². The third-order valence-electron chi connectivity index (χ3n) is 7.35. The third-order valence-corrected chi connectivity index (χ3v) is 8.57. The van der Waals surface area contributed by atoms with Crippen LogP contribution in [-0.2, 0) is 16.1 Å². The van der Waals surface area contributed by atoms with Gasteiger partial charge in [-0.05, 0) is 66.6 Å². The molecule has 0 spiro atoms. The van der Waals surface area contributed by atoms with Crippen molar-refractivity contribution in [3.63, 3.8) is 0 Å². The highest BCUT2D eigenvalue weighted by molar-refractivity contribution is 7.07. The predicted octanol–water partition coefficient (Wildman–Crippen LogP) is 6.32. The van der Waals surface area contributed by atoms with Crippen molar-refractivity contribution in [3.05, 3.63) is 155 Å². The maximum Gasteiger partial charge on any atom is 0.338 e. The van der Waals surface area contributed by atoms with E-state index in [4.69, 9.17) is 30.8 Å². The maximum atomic E-state index is 14.3. The number of thiazole rings is 1. The van der Waals surface area contributed by atoms with Crippen LogP contribution in [0.15, 0.2) is 112 Å². The van der Waals surface area contributed by atoms with Crippen LogP contribution < -0.4 is 24.4 Å². The molecule has 0 saturated carbocycles. The smallest absolute Gasteiger partial charge is 0.338 e. The quantitative estimate of drug-likeness (QED) is 0.174. The standard InChI is InChI=1S/C36H28ClFN2O5S/c1-3-44-35(42)31-32(23-8-5-4-6-9-23)39-36-40(33(31)24-10-7-11-28(19-24)43-2)34(41)30(46-36)20-25-18-26(37)14-17-29(25)45-21-22-12-15-27(38)16-13-22/h4-20,33H,3,21H2,1-2H3/b30-20-/t33-/m1/s1. The Morgan fingerprint density at radius 1 is 1.02 bits per heavy atom. The number of carbonyl (C=O) groups is 1. The van der Waals surface area contributed by atoms with Gasteiger partial charge in [0.05, 0.1) is 35.6 Å². The van der Waals surface area contributed by atoms with Crippen LogP contribution in [0.25, 0.3) is 11.8 Å². The second-order valence-electron chi connectivity index (χ2n) is 10.3. The van der Waals surface area contributed by atoms with E-state index in [1.54, 1.807) is 62.6 Å². The van der Waals surface area contributed by atoms with Crippen molar-refractivity contribution < 1.29 is 23.4 Å². The molecule has 1 aromatic heterocycles. The summed E-state index contributed by atoms with van der Waals surface area (Å²) in [6, 6.07) is 26.9. The van der Waals surface area contributed by atoms with Crippen LogP contribution in [0.4, 0.5) is 4.39 Å². The molecule has 2 heterocycles. The average molecular weight is 655 g/mol. The van der Waals surface area contributed by atoms with Crippen LogP contribution in [0.5, 0.6) is 11.5 Å². The number of aromatic nitrogens is 1. The Morgan fingerprint density at radius 3 is 2.54 bits per heavy atom. The molecule has 232 valence electrons. The molecule has 0 fully saturated rings. The third kappa shape index (κ3) is 6.38. The van der Waals surface area contributed by atoms with Gasteiger partial charge in [0.15, 0.2) is 4.80 Å². The fourth-order valence-corrected chi connectivity index (χ4v) is 6.39. The van der Waals surface area contributed by atoms with Gasteiger partial charge in [0.25, 0.3) is 5.56 Å². The fraction of sp³-hybridized carbons (Fsp3) is 0.139. The van der Waals surface area contributed by atoms with Gasteiger partial charge >= 0.3 is 5.97 Å². The van der Waals surface area contributed by atoms with Crippen molar-refractivity contribution in [3.8, 4) is 11.5 Å².